The molecule has 1 saturated carbocycles. The molecule has 0 N–H and O–H groups in total. The molecule has 2 aliphatic carbocycles. The largest absolute Gasteiger partial charge is 0.488 e. The molecule has 1 amide bonds. The molecule has 0 unspecified atom stereocenters. The number of halogens is 1. The first-order valence-electron chi connectivity index (χ1n) is 12.6. The molecule has 5 aliphatic rings. The lowest BCUT2D eigenvalue weighted by molar-refractivity contribution is 0.0230. The monoisotopic (exact) mass is 488 g/mol. The van der Waals surface area contributed by atoms with E-state index >= 15 is 0 Å². The van der Waals surface area contributed by atoms with Crippen LogP contribution in [0, 0.1) is 5.92 Å². The normalized spacial score (nSPS) is 25.7. The smallest absolute Gasteiger partial charge is 0.411 e. The van der Waals surface area contributed by atoms with Crippen LogP contribution in [0.15, 0.2) is 41.0 Å². The first-order valence-corrected chi connectivity index (χ1v) is 13.0. The van der Waals surface area contributed by atoms with Gasteiger partial charge < -0.3 is 9.47 Å². The fourth-order valence-electron chi connectivity index (χ4n) is 6.34. The number of rotatable bonds is 1. The van der Waals surface area contributed by atoms with Crippen molar-refractivity contribution in [2.24, 2.45) is 10.9 Å². The molecule has 0 aromatic heterocycles. The Balaban J connectivity index is 1.18. The molecule has 180 valence electrons. The van der Waals surface area contributed by atoms with Crippen molar-refractivity contribution in [1.29, 1.82) is 0 Å². The predicted octanol–water partition coefficient (Wildman–Crippen LogP) is 6.80. The number of aliphatic imine (C=N–C) groups is 1. The van der Waals surface area contributed by atoms with Crippen molar-refractivity contribution >= 4 is 29.0 Å². The van der Waals surface area contributed by atoms with Gasteiger partial charge in [-0.25, -0.2) is 4.79 Å². The number of ether oxygens (including phenoxy) is 2. The van der Waals surface area contributed by atoms with Gasteiger partial charge in [0, 0.05) is 34.5 Å². The zero-order valence-corrected chi connectivity index (χ0v) is 21.1. The minimum atomic E-state index is -0.494. The van der Waals surface area contributed by atoms with Crippen molar-refractivity contribution in [2.45, 2.75) is 77.2 Å². The average molecular weight is 489 g/mol. The summed E-state index contributed by atoms with van der Waals surface area (Å²) in [6.45, 7) is 6.33. The fourth-order valence-corrected chi connectivity index (χ4v) is 6.53. The minimum absolute atomic E-state index is 0.0492. The maximum Gasteiger partial charge on any atom is 0.411 e. The van der Waals surface area contributed by atoms with E-state index in [1.807, 2.05) is 37.8 Å². The number of likely N-dealkylation sites (tertiary alicyclic amines) is 1. The maximum absolute atomic E-state index is 13.1. The van der Waals surface area contributed by atoms with Crippen LogP contribution < -0.4 is 4.74 Å². The molecule has 6 heteroatoms. The Hall–Kier alpha value is -2.79. The quantitative estimate of drug-likeness (QED) is 0.443. The highest BCUT2D eigenvalue weighted by Crippen LogP contribution is 2.51. The molecule has 3 atom stereocenters. The summed E-state index contributed by atoms with van der Waals surface area (Å²) in [5.41, 5.74) is 9.22. The van der Waals surface area contributed by atoms with Crippen molar-refractivity contribution in [3.05, 3.63) is 57.7 Å². The highest BCUT2D eigenvalue weighted by molar-refractivity contribution is 6.30. The SMILES string of the molecule is CC(C)(C)OC(=O)N1[C@@H]2C[C@@H]2C[C@H]1C1=NC2=C(C1)c1cc3c(cc1CC2)-c1ccc(Cl)cc1CO3. The standard InChI is InChI=1S/C29H29ClN2O3/c1-29(2,3)35-28(33)32-25-10-16(25)11-26(32)24-12-21-20-13-27-22(9-15(20)4-7-23(21)31-24)19-6-5-18(30)8-17(19)14-34-27/h5-6,8-9,13,16,25-26H,4,7,10-12,14H2,1-3H3/t16-,25-,26+/m1/s1. The molecular formula is C29H29ClN2O3. The van der Waals surface area contributed by atoms with Crippen LogP contribution >= 0.6 is 11.6 Å². The third-order valence-electron chi connectivity index (χ3n) is 7.98. The van der Waals surface area contributed by atoms with Gasteiger partial charge in [-0.1, -0.05) is 17.7 Å². The molecule has 0 radical (unpaired) electrons. The molecule has 2 aromatic rings. The van der Waals surface area contributed by atoms with Gasteiger partial charge in [-0.15, -0.1) is 0 Å². The summed E-state index contributed by atoms with van der Waals surface area (Å²) >= 11 is 6.21. The van der Waals surface area contributed by atoms with E-state index in [-0.39, 0.29) is 12.1 Å². The van der Waals surface area contributed by atoms with Crippen molar-refractivity contribution in [3.63, 3.8) is 0 Å². The van der Waals surface area contributed by atoms with Gasteiger partial charge in [-0.05, 0) is 104 Å². The molecule has 5 nitrogen and oxygen atoms in total. The number of hydrogen-bond acceptors (Lipinski definition) is 4. The van der Waals surface area contributed by atoms with E-state index in [2.05, 4.69) is 18.2 Å². The Morgan fingerprint density at radius 3 is 2.77 bits per heavy atom. The lowest BCUT2D eigenvalue weighted by Gasteiger charge is -2.31. The van der Waals surface area contributed by atoms with E-state index in [9.17, 15) is 4.79 Å². The molecule has 3 aliphatic heterocycles. The summed E-state index contributed by atoms with van der Waals surface area (Å²) in [4.78, 5) is 20.2. The summed E-state index contributed by atoms with van der Waals surface area (Å²) in [5, 5.41) is 0.740. The van der Waals surface area contributed by atoms with Crippen LogP contribution in [0.3, 0.4) is 0 Å². The van der Waals surface area contributed by atoms with Crippen LogP contribution in [0.1, 0.15) is 63.1 Å². The van der Waals surface area contributed by atoms with E-state index in [1.54, 1.807) is 0 Å². The van der Waals surface area contributed by atoms with Gasteiger partial charge in [0.05, 0.1) is 6.04 Å². The molecule has 0 spiro atoms. The van der Waals surface area contributed by atoms with Crippen LogP contribution in [-0.4, -0.2) is 34.4 Å². The highest BCUT2D eigenvalue weighted by Gasteiger charge is 2.56. The van der Waals surface area contributed by atoms with Crippen LogP contribution in [0.2, 0.25) is 5.02 Å². The van der Waals surface area contributed by atoms with E-state index in [1.165, 1.54) is 28.0 Å². The lowest BCUT2D eigenvalue weighted by Crippen LogP contribution is -2.45. The van der Waals surface area contributed by atoms with Crippen molar-refractivity contribution in [3.8, 4) is 16.9 Å². The van der Waals surface area contributed by atoms with E-state index < -0.39 is 5.60 Å². The number of nitrogens with zero attached hydrogens (tertiary/aromatic N) is 2. The number of piperidine rings is 1. The van der Waals surface area contributed by atoms with Gasteiger partial charge >= 0.3 is 6.09 Å². The van der Waals surface area contributed by atoms with Gasteiger partial charge in [0.2, 0.25) is 0 Å². The van der Waals surface area contributed by atoms with Gasteiger partial charge in [0.25, 0.3) is 0 Å². The second-order valence-corrected chi connectivity index (χ2v) is 11.9. The third kappa shape index (κ3) is 3.50. The van der Waals surface area contributed by atoms with Crippen LogP contribution in [0.4, 0.5) is 4.79 Å². The number of fused-ring (bicyclic) bond motifs is 6. The summed E-state index contributed by atoms with van der Waals surface area (Å²) in [6, 6.07) is 10.9. The average Bonchev–Trinajstić information content (AvgIpc) is 3.25. The summed E-state index contributed by atoms with van der Waals surface area (Å²) < 4.78 is 11.9. The van der Waals surface area contributed by atoms with Crippen LogP contribution in [0.5, 0.6) is 5.75 Å². The molecule has 0 bridgehead atoms. The summed E-state index contributed by atoms with van der Waals surface area (Å²) in [5.74, 6) is 1.52. The van der Waals surface area contributed by atoms with Gasteiger partial charge in [0.15, 0.2) is 0 Å². The van der Waals surface area contributed by atoms with E-state index in [0.29, 0.717) is 18.6 Å². The Kier molecular flexibility index (Phi) is 4.52. The zero-order valence-electron chi connectivity index (χ0n) is 20.4. The number of hydrogen-bond donors (Lipinski definition) is 0. The highest BCUT2D eigenvalue weighted by atomic mass is 35.5. The summed E-state index contributed by atoms with van der Waals surface area (Å²) in [6.07, 6.45) is 4.61. The molecular weight excluding hydrogens is 460 g/mol. The van der Waals surface area contributed by atoms with Crippen molar-refractivity contribution in [2.75, 3.05) is 0 Å². The number of allylic oxidation sites excluding steroid dienone is 2. The molecule has 3 heterocycles. The number of carbonyl (C=O) groups excluding carboxylic acids is 1. The second kappa shape index (κ2) is 7.36. The lowest BCUT2D eigenvalue weighted by atomic mass is 9.84. The van der Waals surface area contributed by atoms with E-state index in [4.69, 9.17) is 26.1 Å². The van der Waals surface area contributed by atoms with Crippen LogP contribution in [0.25, 0.3) is 16.7 Å². The number of carbonyl (C=O) groups is 1. The molecule has 2 aromatic carbocycles. The summed E-state index contributed by atoms with van der Waals surface area (Å²) in [7, 11) is 0. The number of amides is 1. The molecule has 35 heavy (non-hydrogen) atoms. The Morgan fingerprint density at radius 1 is 1.09 bits per heavy atom. The zero-order chi connectivity index (χ0) is 24.1. The van der Waals surface area contributed by atoms with Gasteiger partial charge in [-0.2, -0.15) is 0 Å². The topological polar surface area (TPSA) is 51.1 Å². The van der Waals surface area contributed by atoms with Crippen LogP contribution in [-0.2, 0) is 17.8 Å². The van der Waals surface area contributed by atoms with Gasteiger partial charge in [0.1, 0.15) is 18.0 Å². The first-order chi connectivity index (χ1) is 16.7. The second-order valence-electron chi connectivity index (χ2n) is 11.5. The molecule has 2 fully saturated rings. The number of aryl methyl sites for hydroxylation is 1. The van der Waals surface area contributed by atoms with Crippen molar-refractivity contribution < 1.29 is 14.3 Å². The fraction of sp³-hybridized carbons (Fsp3) is 0.448. The third-order valence-corrected chi connectivity index (χ3v) is 8.22. The van der Waals surface area contributed by atoms with Crippen molar-refractivity contribution in [1.82, 2.24) is 4.90 Å². The Bertz CT molecular complexity index is 1350. The minimum Gasteiger partial charge on any atom is -0.488 e. The Morgan fingerprint density at radius 2 is 1.94 bits per heavy atom. The van der Waals surface area contributed by atoms with Gasteiger partial charge in [-0.3, -0.25) is 9.89 Å². The molecule has 1 saturated heterocycles. The predicted molar refractivity (Wildman–Crippen MR) is 137 cm³/mol. The maximum atomic E-state index is 13.1. The Labute approximate surface area is 210 Å². The first kappa shape index (κ1) is 21.5. The molecule has 7 rings (SSSR count). The van der Waals surface area contributed by atoms with E-state index in [0.717, 1.165) is 59.7 Å². The number of benzene rings is 2.